The van der Waals surface area contributed by atoms with E-state index in [4.69, 9.17) is 11.6 Å². The highest BCUT2D eigenvalue weighted by Crippen LogP contribution is 2.25. The van der Waals surface area contributed by atoms with Crippen LogP contribution in [0.1, 0.15) is 5.56 Å². The van der Waals surface area contributed by atoms with Gasteiger partial charge in [0.1, 0.15) is 4.90 Å². The molecule has 1 aromatic rings. The molecule has 0 atom stereocenters. The van der Waals surface area contributed by atoms with Gasteiger partial charge >= 0.3 is 0 Å². The Morgan fingerprint density at radius 3 is 2.54 bits per heavy atom. The second-order valence-corrected chi connectivity index (χ2v) is 4.42. The van der Waals surface area contributed by atoms with E-state index in [-0.39, 0.29) is 9.92 Å². The molecule has 0 spiro atoms. The van der Waals surface area contributed by atoms with Gasteiger partial charge in [-0.1, -0.05) is 23.7 Å². The Balaban J connectivity index is 3.46. The van der Waals surface area contributed by atoms with E-state index in [1.807, 2.05) is 0 Å². The summed E-state index contributed by atoms with van der Waals surface area (Å²) >= 11 is 5.71. The van der Waals surface area contributed by atoms with Crippen LogP contribution in [0.5, 0.6) is 0 Å². The van der Waals surface area contributed by atoms with E-state index < -0.39 is 10.1 Å². The molecule has 0 unspecified atom stereocenters. The standard InChI is InChI=1S/C8H8ClO3S/c1-6-4-3-5-7(9)8(6)13(10,11)12-2/h3-5H,2H2,1H3. The van der Waals surface area contributed by atoms with E-state index >= 15 is 0 Å². The summed E-state index contributed by atoms with van der Waals surface area (Å²) in [5.41, 5.74) is 0.538. The molecule has 0 aliphatic heterocycles. The molecule has 0 saturated carbocycles. The minimum atomic E-state index is -3.80. The van der Waals surface area contributed by atoms with Crippen LogP contribution in [0.3, 0.4) is 0 Å². The zero-order valence-corrected chi connectivity index (χ0v) is 8.52. The summed E-state index contributed by atoms with van der Waals surface area (Å²) in [6, 6.07) is 4.79. The molecular formula is C8H8ClO3S. The average Bonchev–Trinajstić information content (AvgIpc) is 2.03. The number of rotatable bonds is 2. The smallest absolute Gasteiger partial charge is 0.264 e. The molecule has 0 bridgehead atoms. The molecule has 5 heteroatoms. The lowest BCUT2D eigenvalue weighted by molar-refractivity contribution is 0.437. The van der Waals surface area contributed by atoms with Crippen LogP contribution < -0.4 is 0 Å². The Kier molecular flexibility index (Phi) is 2.95. The fourth-order valence-corrected chi connectivity index (χ4v) is 2.38. The number of hydrogen-bond donors (Lipinski definition) is 0. The van der Waals surface area contributed by atoms with E-state index in [1.165, 1.54) is 6.07 Å². The lowest BCUT2D eigenvalue weighted by Crippen LogP contribution is -2.04. The monoisotopic (exact) mass is 219 g/mol. The Morgan fingerprint density at radius 1 is 1.46 bits per heavy atom. The SMILES string of the molecule is [CH2]OS(=O)(=O)c1c(C)cccc1Cl. The number of halogens is 1. The highest BCUT2D eigenvalue weighted by molar-refractivity contribution is 7.87. The van der Waals surface area contributed by atoms with Gasteiger partial charge in [-0.3, -0.25) is 4.18 Å². The number of hydrogen-bond acceptors (Lipinski definition) is 3. The van der Waals surface area contributed by atoms with E-state index in [0.717, 1.165) is 0 Å². The predicted octanol–water partition coefficient (Wildman–Crippen LogP) is 2.15. The van der Waals surface area contributed by atoms with Gasteiger partial charge in [-0.25, -0.2) is 0 Å². The van der Waals surface area contributed by atoms with Crippen LogP contribution >= 0.6 is 11.6 Å². The topological polar surface area (TPSA) is 43.4 Å². The summed E-state index contributed by atoms with van der Waals surface area (Å²) in [4.78, 5) is -0.0216. The molecule has 0 amide bonds. The molecule has 0 saturated heterocycles. The van der Waals surface area contributed by atoms with Crippen LogP contribution in [0.25, 0.3) is 0 Å². The van der Waals surface area contributed by atoms with Crippen LogP contribution in [0.4, 0.5) is 0 Å². The van der Waals surface area contributed by atoms with Gasteiger partial charge in [-0.15, -0.1) is 0 Å². The molecule has 1 aromatic carbocycles. The number of aryl methyl sites for hydroxylation is 1. The largest absolute Gasteiger partial charge is 0.298 e. The summed E-state index contributed by atoms with van der Waals surface area (Å²) in [6.07, 6.45) is 0. The van der Waals surface area contributed by atoms with E-state index in [1.54, 1.807) is 19.1 Å². The fraction of sp³-hybridized carbons (Fsp3) is 0.125. The summed E-state index contributed by atoms with van der Waals surface area (Å²) < 4.78 is 26.7. The third-order valence-electron chi connectivity index (χ3n) is 1.57. The quantitative estimate of drug-likeness (QED) is 0.716. The van der Waals surface area contributed by atoms with Crippen molar-refractivity contribution in [3.05, 3.63) is 35.9 Å². The van der Waals surface area contributed by atoms with Crippen molar-refractivity contribution in [2.24, 2.45) is 0 Å². The van der Waals surface area contributed by atoms with Gasteiger partial charge in [0.25, 0.3) is 10.1 Å². The maximum atomic E-state index is 11.3. The van der Waals surface area contributed by atoms with Crippen LogP contribution in [-0.4, -0.2) is 8.42 Å². The Hall–Kier alpha value is -0.580. The molecule has 1 rings (SSSR count). The van der Waals surface area contributed by atoms with E-state index in [9.17, 15) is 8.42 Å². The first kappa shape index (κ1) is 10.5. The zero-order chi connectivity index (χ0) is 10.1. The Morgan fingerprint density at radius 2 is 2.08 bits per heavy atom. The average molecular weight is 220 g/mol. The molecule has 3 nitrogen and oxygen atoms in total. The molecule has 0 aliphatic carbocycles. The van der Waals surface area contributed by atoms with Gasteiger partial charge in [-0.2, -0.15) is 8.42 Å². The van der Waals surface area contributed by atoms with E-state index in [0.29, 0.717) is 5.56 Å². The second kappa shape index (κ2) is 3.65. The van der Waals surface area contributed by atoms with Crippen molar-refractivity contribution in [2.45, 2.75) is 11.8 Å². The van der Waals surface area contributed by atoms with Gasteiger partial charge in [-0.05, 0) is 18.6 Å². The lowest BCUT2D eigenvalue weighted by Gasteiger charge is -2.06. The summed E-state index contributed by atoms with van der Waals surface area (Å²) in [5, 5.41) is 0.142. The maximum Gasteiger partial charge on any atom is 0.298 e. The molecule has 0 aromatic heterocycles. The molecule has 71 valence electrons. The van der Waals surface area contributed by atoms with Crippen molar-refractivity contribution in [1.82, 2.24) is 0 Å². The van der Waals surface area contributed by atoms with Crippen LogP contribution in [-0.2, 0) is 14.3 Å². The molecule has 0 fully saturated rings. The first-order valence-corrected chi connectivity index (χ1v) is 5.21. The first-order chi connectivity index (χ1) is 5.99. The molecule has 0 heterocycles. The second-order valence-electron chi connectivity index (χ2n) is 2.46. The Labute approximate surface area is 82.4 Å². The van der Waals surface area contributed by atoms with Gasteiger partial charge in [0.15, 0.2) is 0 Å². The van der Waals surface area contributed by atoms with Crippen molar-refractivity contribution in [3.63, 3.8) is 0 Å². The normalized spacial score (nSPS) is 11.6. The molecular weight excluding hydrogens is 212 g/mol. The Bertz CT molecular complexity index is 391. The third-order valence-corrected chi connectivity index (χ3v) is 3.35. The van der Waals surface area contributed by atoms with Crippen molar-refractivity contribution in [2.75, 3.05) is 0 Å². The minimum Gasteiger partial charge on any atom is -0.264 e. The fourth-order valence-electron chi connectivity index (χ4n) is 0.992. The van der Waals surface area contributed by atoms with Crippen molar-refractivity contribution in [3.8, 4) is 0 Å². The van der Waals surface area contributed by atoms with Gasteiger partial charge in [0.05, 0.1) is 12.1 Å². The molecule has 1 radical (unpaired) electrons. The van der Waals surface area contributed by atoms with Gasteiger partial charge < -0.3 is 0 Å². The highest BCUT2D eigenvalue weighted by Gasteiger charge is 2.19. The number of benzene rings is 1. The van der Waals surface area contributed by atoms with Crippen LogP contribution in [0, 0.1) is 14.0 Å². The highest BCUT2D eigenvalue weighted by atomic mass is 35.5. The van der Waals surface area contributed by atoms with Crippen molar-refractivity contribution >= 4 is 21.7 Å². The molecule has 0 aliphatic rings. The zero-order valence-electron chi connectivity index (χ0n) is 6.95. The first-order valence-electron chi connectivity index (χ1n) is 3.43. The summed E-state index contributed by atoms with van der Waals surface area (Å²) in [6.45, 7) is 1.64. The van der Waals surface area contributed by atoms with Crippen molar-refractivity contribution in [1.29, 1.82) is 0 Å². The maximum absolute atomic E-state index is 11.3. The van der Waals surface area contributed by atoms with Crippen LogP contribution in [0.2, 0.25) is 5.02 Å². The molecule has 13 heavy (non-hydrogen) atoms. The minimum absolute atomic E-state index is 0.0216. The summed E-state index contributed by atoms with van der Waals surface area (Å²) in [7, 11) is -0.933. The lowest BCUT2D eigenvalue weighted by atomic mass is 10.2. The summed E-state index contributed by atoms with van der Waals surface area (Å²) in [5.74, 6) is 0. The third kappa shape index (κ3) is 2.02. The van der Waals surface area contributed by atoms with Gasteiger partial charge in [0.2, 0.25) is 0 Å². The van der Waals surface area contributed by atoms with E-state index in [2.05, 4.69) is 11.3 Å². The van der Waals surface area contributed by atoms with Gasteiger partial charge in [0, 0.05) is 0 Å². The van der Waals surface area contributed by atoms with Crippen LogP contribution in [0.15, 0.2) is 23.1 Å². The van der Waals surface area contributed by atoms with Crippen molar-refractivity contribution < 1.29 is 12.6 Å². The molecule has 0 N–H and O–H groups in total. The predicted molar refractivity (Wildman–Crippen MR) is 49.8 cm³/mol.